The van der Waals surface area contributed by atoms with Crippen LogP contribution in [0, 0.1) is 0 Å². The van der Waals surface area contributed by atoms with Crippen molar-refractivity contribution in [1.29, 1.82) is 0 Å². The summed E-state index contributed by atoms with van der Waals surface area (Å²) >= 11 is 0. The quantitative estimate of drug-likeness (QED) is 0.474. The number of allylic oxidation sites excluding steroid dienone is 5. The van der Waals surface area contributed by atoms with Crippen molar-refractivity contribution in [3.8, 4) is 0 Å². The molecule has 0 bridgehead atoms. The minimum Gasteiger partial charge on any atom is -0.366 e. The molecule has 0 fully saturated rings. The molecule has 166 valence electrons. The summed E-state index contributed by atoms with van der Waals surface area (Å²) in [5, 5.41) is 3.35. The van der Waals surface area contributed by atoms with Crippen LogP contribution in [0.4, 0.5) is 11.6 Å². The summed E-state index contributed by atoms with van der Waals surface area (Å²) in [6.07, 6.45) is 8.51. The highest BCUT2D eigenvalue weighted by Crippen LogP contribution is 2.24. The first-order valence-electron chi connectivity index (χ1n) is 11.1. The number of nitrogens with zero attached hydrogens (tertiary/aromatic N) is 3. The van der Waals surface area contributed by atoms with Gasteiger partial charge in [0.2, 0.25) is 0 Å². The molecule has 1 amide bonds. The number of rotatable bonds is 7. The highest BCUT2D eigenvalue weighted by atomic mass is 16.2. The Bertz CT molecular complexity index is 1220. The first-order valence-corrected chi connectivity index (χ1v) is 11.1. The first kappa shape index (κ1) is 22.2. The number of hydrogen-bond acceptors (Lipinski definition) is 4. The number of aromatic nitrogens is 2. The summed E-state index contributed by atoms with van der Waals surface area (Å²) < 4.78 is 0. The van der Waals surface area contributed by atoms with Gasteiger partial charge in [-0.15, -0.1) is 0 Å². The molecular formula is C28H28N4O. The third-order valence-electron chi connectivity index (χ3n) is 5.54. The lowest BCUT2D eigenvalue weighted by molar-refractivity contribution is 0.0980. The van der Waals surface area contributed by atoms with Gasteiger partial charge < -0.3 is 5.32 Å². The molecule has 0 atom stereocenters. The number of amides is 1. The van der Waals surface area contributed by atoms with Crippen molar-refractivity contribution in [2.45, 2.75) is 26.8 Å². The summed E-state index contributed by atoms with van der Waals surface area (Å²) in [4.78, 5) is 23.3. The largest absolute Gasteiger partial charge is 0.366 e. The maximum absolute atomic E-state index is 12.9. The van der Waals surface area contributed by atoms with Gasteiger partial charge in [0.25, 0.3) is 5.91 Å². The fraction of sp³-hybridized carbons (Fsp3) is 0.179. The number of benzene rings is 2. The van der Waals surface area contributed by atoms with Gasteiger partial charge in [-0.3, -0.25) is 9.69 Å². The van der Waals surface area contributed by atoms with Crippen molar-refractivity contribution in [2.24, 2.45) is 0 Å². The Morgan fingerprint density at radius 2 is 1.94 bits per heavy atom. The Balaban J connectivity index is 1.45. The van der Waals surface area contributed by atoms with Crippen molar-refractivity contribution in [3.05, 3.63) is 114 Å². The standard InChI is InChI=1S/C28H28N4O/c1-4-7-24(16-20(2)3)22-12-10-21(11-13-22)18-29-26-17-27(31-19-30-26)32-15-14-23-8-5-6-9-25(23)28(32)33/h4-13,16-17,19H,2,14-15,18H2,1,3H3,(H,29,30,31)/b7-4-,24-16+. The van der Waals surface area contributed by atoms with Crippen molar-refractivity contribution in [3.63, 3.8) is 0 Å². The molecule has 0 radical (unpaired) electrons. The van der Waals surface area contributed by atoms with E-state index in [2.05, 4.69) is 58.3 Å². The van der Waals surface area contributed by atoms with Crippen LogP contribution in [0.1, 0.15) is 40.9 Å². The van der Waals surface area contributed by atoms with Crippen LogP contribution in [-0.2, 0) is 13.0 Å². The molecule has 1 N–H and O–H groups in total. The number of carbonyl (C=O) groups excluding carboxylic acids is 1. The van der Waals surface area contributed by atoms with Gasteiger partial charge in [0, 0.05) is 24.7 Å². The molecule has 0 spiro atoms. The van der Waals surface area contributed by atoms with Crippen LogP contribution >= 0.6 is 0 Å². The Hall–Kier alpha value is -3.99. The molecule has 4 rings (SSSR count). The van der Waals surface area contributed by atoms with E-state index < -0.39 is 0 Å². The third kappa shape index (κ3) is 5.26. The second kappa shape index (κ2) is 10.1. The molecule has 2 heterocycles. The molecular weight excluding hydrogens is 408 g/mol. The van der Waals surface area contributed by atoms with Crippen LogP contribution in [0.5, 0.6) is 0 Å². The number of anilines is 2. The van der Waals surface area contributed by atoms with E-state index >= 15 is 0 Å². The normalized spacial score (nSPS) is 13.8. The van der Waals surface area contributed by atoms with Crippen LogP contribution < -0.4 is 10.2 Å². The summed E-state index contributed by atoms with van der Waals surface area (Å²) in [5.74, 6) is 1.28. The molecule has 0 aliphatic carbocycles. The number of nitrogens with one attached hydrogen (secondary N) is 1. The molecule has 2 aromatic carbocycles. The van der Waals surface area contributed by atoms with Crippen LogP contribution in [-0.4, -0.2) is 22.4 Å². The molecule has 5 nitrogen and oxygen atoms in total. The lowest BCUT2D eigenvalue weighted by Gasteiger charge is -2.27. The molecule has 1 aromatic heterocycles. The van der Waals surface area contributed by atoms with E-state index in [0.717, 1.165) is 39.8 Å². The molecule has 1 aliphatic heterocycles. The molecule has 3 aromatic rings. The number of hydrogen-bond donors (Lipinski definition) is 1. The van der Waals surface area contributed by atoms with Crippen LogP contribution in [0.2, 0.25) is 0 Å². The highest BCUT2D eigenvalue weighted by molar-refractivity contribution is 6.07. The van der Waals surface area contributed by atoms with E-state index in [1.165, 1.54) is 6.33 Å². The fourth-order valence-electron chi connectivity index (χ4n) is 3.92. The van der Waals surface area contributed by atoms with Gasteiger partial charge in [-0.2, -0.15) is 0 Å². The second-order valence-electron chi connectivity index (χ2n) is 8.12. The van der Waals surface area contributed by atoms with Crippen LogP contribution in [0.25, 0.3) is 5.57 Å². The monoisotopic (exact) mass is 436 g/mol. The van der Waals surface area contributed by atoms with Crippen molar-refractivity contribution < 1.29 is 4.79 Å². The first-order chi connectivity index (χ1) is 16.0. The van der Waals surface area contributed by atoms with Crippen molar-refractivity contribution in [1.82, 2.24) is 9.97 Å². The van der Waals surface area contributed by atoms with Gasteiger partial charge in [-0.25, -0.2) is 9.97 Å². The third-order valence-corrected chi connectivity index (χ3v) is 5.54. The van der Waals surface area contributed by atoms with E-state index in [4.69, 9.17) is 0 Å². The predicted molar refractivity (Wildman–Crippen MR) is 135 cm³/mol. The van der Waals surface area contributed by atoms with E-state index in [9.17, 15) is 4.79 Å². The SMILES string of the molecule is C=C(C)/C=C(\C=C/C)c1ccc(CNc2cc(N3CCc4ccccc4C3=O)ncn2)cc1. The van der Waals surface area contributed by atoms with E-state index in [0.29, 0.717) is 24.7 Å². The summed E-state index contributed by atoms with van der Waals surface area (Å²) in [6, 6.07) is 18.0. The minimum absolute atomic E-state index is 0.0168. The average Bonchev–Trinajstić information content (AvgIpc) is 2.83. The van der Waals surface area contributed by atoms with Gasteiger partial charge in [0.15, 0.2) is 0 Å². The zero-order valence-electron chi connectivity index (χ0n) is 19.1. The van der Waals surface area contributed by atoms with Crippen molar-refractivity contribution >= 4 is 23.1 Å². The molecule has 0 saturated heterocycles. The predicted octanol–water partition coefficient (Wildman–Crippen LogP) is 5.83. The molecule has 5 heteroatoms. The molecule has 0 saturated carbocycles. The zero-order valence-corrected chi connectivity index (χ0v) is 19.1. The van der Waals surface area contributed by atoms with E-state index in [-0.39, 0.29) is 5.91 Å². The van der Waals surface area contributed by atoms with Gasteiger partial charge in [0.05, 0.1) is 0 Å². The topological polar surface area (TPSA) is 58.1 Å². The Kier molecular flexibility index (Phi) is 6.79. The summed E-state index contributed by atoms with van der Waals surface area (Å²) in [6.45, 7) is 9.22. The van der Waals surface area contributed by atoms with Gasteiger partial charge in [-0.05, 0) is 48.6 Å². The van der Waals surface area contributed by atoms with E-state index in [1.807, 2.05) is 50.3 Å². The van der Waals surface area contributed by atoms with E-state index in [1.54, 1.807) is 4.90 Å². The smallest absolute Gasteiger partial charge is 0.259 e. The maximum atomic E-state index is 12.9. The fourth-order valence-corrected chi connectivity index (χ4v) is 3.92. The van der Waals surface area contributed by atoms with Crippen molar-refractivity contribution in [2.75, 3.05) is 16.8 Å². The second-order valence-corrected chi connectivity index (χ2v) is 8.12. The Morgan fingerprint density at radius 3 is 2.70 bits per heavy atom. The summed E-state index contributed by atoms with van der Waals surface area (Å²) in [5.41, 5.74) is 6.27. The Labute approximate surface area is 195 Å². The zero-order chi connectivity index (χ0) is 23.2. The molecule has 1 aliphatic rings. The molecule has 0 unspecified atom stereocenters. The lowest BCUT2D eigenvalue weighted by atomic mass is 9.99. The van der Waals surface area contributed by atoms with Crippen LogP contribution in [0.15, 0.2) is 91.3 Å². The maximum Gasteiger partial charge on any atom is 0.259 e. The van der Waals surface area contributed by atoms with Crippen LogP contribution in [0.3, 0.4) is 0 Å². The molecule has 33 heavy (non-hydrogen) atoms. The summed E-state index contributed by atoms with van der Waals surface area (Å²) in [7, 11) is 0. The van der Waals surface area contributed by atoms with Gasteiger partial charge in [0.1, 0.15) is 18.0 Å². The number of fused-ring (bicyclic) bond motifs is 1. The lowest BCUT2D eigenvalue weighted by Crippen LogP contribution is -2.38. The number of carbonyl (C=O) groups is 1. The highest BCUT2D eigenvalue weighted by Gasteiger charge is 2.26. The van der Waals surface area contributed by atoms with Gasteiger partial charge in [-0.1, -0.05) is 72.8 Å². The average molecular weight is 437 g/mol. The Morgan fingerprint density at radius 1 is 1.15 bits per heavy atom. The minimum atomic E-state index is -0.0168. The van der Waals surface area contributed by atoms with Gasteiger partial charge >= 0.3 is 0 Å².